The van der Waals surface area contributed by atoms with Gasteiger partial charge in [0.15, 0.2) is 0 Å². The first-order valence-corrected chi connectivity index (χ1v) is 7.71. The van der Waals surface area contributed by atoms with Crippen LogP contribution >= 0.6 is 23.2 Å². The molecule has 0 aliphatic carbocycles. The van der Waals surface area contributed by atoms with Crippen molar-refractivity contribution in [2.45, 2.75) is 25.1 Å². The van der Waals surface area contributed by atoms with Crippen LogP contribution in [-0.4, -0.2) is 36.6 Å². The zero-order valence-corrected chi connectivity index (χ0v) is 13.7. The minimum atomic E-state index is -4.82. The minimum absolute atomic E-state index is 0.0848. The molecule has 0 spiro atoms. The van der Waals surface area contributed by atoms with E-state index in [0.29, 0.717) is 12.8 Å². The first-order valence-electron chi connectivity index (χ1n) is 6.96. The van der Waals surface area contributed by atoms with Crippen LogP contribution in [0.3, 0.4) is 0 Å². The summed E-state index contributed by atoms with van der Waals surface area (Å²) < 4.78 is 49.4. The van der Waals surface area contributed by atoms with Gasteiger partial charge in [0, 0.05) is 17.2 Å². The molecule has 1 heterocycles. The summed E-state index contributed by atoms with van der Waals surface area (Å²) in [7, 11) is 0. The molecule has 1 atom stereocenters. The maximum Gasteiger partial charge on any atom is 0.430 e. The molecule has 0 saturated carbocycles. The van der Waals surface area contributed by atoms with Gasteiger partial charge in [0.25, 0.3) is 0 Å². The number of esters is 1. The van der Waals surface area contributed by atoms with Crippen molar-refractivity contribution in [3.05, 3.63) is 33.3 Å². The Kier molecular flexibility index (Phi) is 6.01. The molecular formula is C15H13Cl2F3O4. The fourth-order valence-corrected chi connectivity index (χ4v) is 2.66. The molecule has 1 aromatic rings. The zero-order valence-electron chi connectivity index (χ0n) is 12.2. The fourth-order valence-electron chi connectivity index (χ4n) is 2.11. The number of fused-ring (bicyclic) bond motifs is 1. The lowest BCUT2D eigenvalue weighted by Gasteiger charge is -2.28. The lowest BCUT2D eigenvalue weighted by Crippen LogP contribution is -2.41. The number of ether oxygens (including phenoxy) is 2. The summed E-state index contributed by atoms with van der Waals surface area (Å²) in [6.07, 6.45) is -5.57. The number of carbonyl (C=O) groups is 1. The molecule has 0 amide bonds. The van der Waals surface area contributed by atoms with Crippen molar-refractivity contribution in [2.75, 3.05) is 13.2 Å². The molecule has 1 aliphatic rings. The average molecular weight is 385 g/mol. The molecule has 0 unspecified atom stereocenters. The smallest absolute Gasteiger partial charge is 0.430 e. The molecular weight excluding hydrogens is 372 g/mol. The van der Waals surface area contributed by atoms with Gasteiger partial charge in [0.1, 0.15) is 5.75 Å². The van der Waals surface area contributed by atoms with Crippen LogP contribution in [0.25, 0.3) is 6.08 Å². The van der Waals surface area contributed by atoms with Crippen LogP contribution in [0.15, 0.2) is 17.7 Å². The maximum absolute atomic E-state index is 13.2. The number of hydrogen-bond acceptors (Lipinski definition) is 4. The quantitative estimate of drug-likeness (QED) is 0.615. The highest BCUT2D eigenvalue weighted by Crippen LogP contribution is 2.42. The van der Waals surface area contributed by atoms with Gasteiger partial charge in [0.2, 0.25) is 6.10 Å². The van der Waals surface area contributed by atoms with E-state index in [1.54, 1.807) is 0 Å². The van der Waals surface area contributed by atoms with Crippen LogP contribution < -0.4 is 4.74 Å². The monoisotopic (exact) mass is 384 g/mol. The molecule has 0 saturated heterocycles. The predicted octanol–water partition coefficient (Wildman–Crippen LogP) is 4.02. The van der Waals surface area contributed by atoms with Gasteiger partial charge in [-0.2, -0.15) is 13.2 Å². The average Bonchev–Trinajstić information content (AvgIpc) is 2.49. The number of carbonyl (C=O) groups excluding carboxylic acids is 1. The molecule has 132 valence electrons. The minimum Gasteiger partial charge on any atom is -0.474 e. The number of hydrogen-bond donors (Lipinski definition) is 1. The Morgan fingerprint density at radius 1 is 1.29 bits per heavy atom. The number of aliphatic hydroxyl groups is 1. The van der Waals surface area contributed by atoms with Crippen LogP contribution in [0, 0.1) is 0 Å². The third-order valence-electron chi connectivity index (χ3n) is 3.18. The molecule has 0 bridgehead atoms. The van der Waals surface area contributed by atoms with Crippen molar-refractivity contribution in [3.63, 3.8) is 0 Å². The van der Waals surface area contributed by atoms with Gasteiger partial charge in [-0.3, -0.25) is 0 Å². The molecule has 1 aliphatic heterocycles. The van der Waals surface area contributed by atoms with Gasteiger partial charge in [-0.15, -0.1) is 0 Å². The maximum atomic E-state index is 13.2. The van der Waals surface area contributed by atoms with Crippen LogP contribution in [0.4, 0.5) is 13.2 Å². The summed E-state index contributed by atoms with van der Waals surface area (Å²) >= 11 is 11.7. The third-order valence-corrected chi connectivity index (χ3v) is 3.68. The lowest BCUT2D eigenvalue weighted by atomic mass is 10.0. The molecule has 0 fully saturated rings. The number of aliphatic hydroxyl groups excluding tert-OH is 1. The Morgan fingerprint density at radius 2 is 2.00 bits per heavy atom. The number of alkyl halides is 3. The Morgan fingerprint density at radius 3 is 2.62 bits per heavy atom. The standard InChI is InChI=1S/C15H13Cl2F3O4/c16-9-5-8-6-10(14(22)23-4-2-1-3-21)13(15(18,19)20)24-12(8)11(17)7-9/h5-7,13,21H,1-4H2/t13-/m0/s1. The van der Waals surface area contributed by atoms with E-state index in [1.807, 2.05) is 0 Å². The van der Waals surface area contributed by atoms with E-state index < -0.39 is 23.8 Å². The van der Waals surface area contributed by atoms with Crippen LogP contribution in [0.2, 0.25) is 10.0 Å². The molecule has 2 rings (SSSR count). The van der Waals surface area contributed by atoms with E-state index in [2.05, 4.69) is 0 Å². The molecule has 24 heavy (non-hydrogen) atoms. The normalized spacial score (nSPS) is 16.9. The summed E-state index contributed by atoms with van der Waals surface area (Å²) in [5.41, 5.74) is -0.521. The molecule has 0 aromatic heterocycles. The third kappa shape index (κ3) is 4.34. The highest BCUT2D eigenvalue weighted by Gasteiger charge is 2.49. The second kappa shape index (κ2) is 7.63. The highest BCUT2D eigenvalue weighted by molar-refractivity contribution is 6.36. The Labute approximate surface area is 145 Å². The van der Waals surface area contributed by atoms with Gasteiger partial charge in [-0.1, -0.05) is 23.2 Å². The predicted molar refractivity (Wildman–Crippen MR) is 82.2 cm³/mol. The summed E-state index contributed by atoms with van der Waals surface area (Å²) in [6, 6.07) is 2.59. The van der Waals surface area contributed by atoms with Crippen molar-refractivity contribution in [2.24, 2.45) is 0 Å². The Hall–Kier alpha value is -1.44. The molecule has 4 nitrogen and oxygen atoms in total. The summed E-state index contributed by atoms with van der Waals surface area (Å²) in [5, 5.41) is 8.75. The number of benzene rings is 1. The summed E-state index contributed by atoms with van der Waals surface area (Å²) in [4.78, 5) is 12.0. The SMILES string of the molecule is O=C(OCCCCO)C1=Cc2cc(Cl)cc(Cl)c2O[C@@H]1C(F)(F)F. The van der Waals surface area contributed by atoms with Crippen LogP contribution in [0.1, 0.15) is 18.4 Å². The first kappa shape index (κ1) is 18.9. The van der Waals surface area contributed by atoms with Crippen molar-refractivity contribution in [1.29, 1.82) is 0 Å². The number of halogens is 5. The van der Waals surface area contributed by atoms with Crippen molar-refractivity contribution in [3.8, 4) is 5.75 Å². The molecule has 9 heteroatoms. The number of unbranched alkanes of at least 4 members (excludes halogenated alkanes) is 1. The zero-order chi connectivity index (χ0) is 17.9. The Bertz CT molecular complexity index is 659. The largest absolute Gasteiger partial charge is 0.474 e. The lowest BCUT2D eigenvalue weighted by molar-refractivity contribution is -0.188. The van der Waals surface area contributed by atoms with Crippen LogP contribution in [0.5, 0.6) is 5.75 Å². The van der Waals surface area contributed by atoms with E-state index in [0.717, 1.165) is 6.08 Å². The van der Waals surface area contributed by atoms with Gasteiger partial charge >= 0.3 is 12.1 Å². The fraction of sp³-hybridized carbons (Fsp3) is 0.400. The van der Waals surface area contributed by atoms with E-state index in [1.165, 1.54) is 12.1 Å². The van der Waals surface area contributed by atoms with Crippen molar-refractivity contribution in [1.82, 2.24) is 0 Å². The first-order chi connectivity index (χ1) is 11.2. The van der Waals surface area contributed by atoms with E-state index in [9.17, 15) is 18.0 Å². The van der Waals surface area contributed by atoms with Gasteiger partial charge in [-0.05, 0) is 31.1 Å². The topological polar surface area (TPSA) is 55.8 Å². The van der Waals surface area contributed by atoms with Gasteiger partial charge in [-0.25, -0.2) is 4.79 Å². The second-order valence-electron chi connectivity index (χ2n) is 5.01. The van der Waals surface area contributed by atoms with E-state index in [4.69, 9.17) is 37.8 Å². The number of rotatable bonds is 5. The summed E-state index contributed by atoms with van der Waals surface area (Å²) in [5.74, 6) is -1.34. The highest BCUT2D eigenvalue weighted by atomic mass is 35.5. The van der Waals surface area contributed by atoms with Crippen molar-refractivity contribution < 1.29 is 32.5 Å². The molecule has 1 N–H and O–H groups in total. The van der Waals surface area contributed by atoms with E-state index in [-0.39, 0.29) is 34.6 Å². The van der Waals surface area contributed by atoms with Crippen LogP contribution in [-0.2, 0) is 9.53 Å². The second-order valence-corrected chi connectivity index (χ2v) is 5.86. The van der Waals surface area contributed by atoms with Crippen molar-refractivity contribution >= 4 is 35.2 Å². The summed E-state index contributed by atoms with van der Waals surface area (Å²) in [6.45, 7) is -0.205. The van der Waals surface area contributed by atoms with Gasteiger partial charge in [0.05, 0.1) is 17.2 Å². The van der Waals surface area contributed by atoms with E-state index >= 15 is 0 Å². The van der Waals surface area contributed by atoms with Gasteiger partial charge < -0.3 is 14.6 Å². The molecule has 0 radical (unpaired) electrons. The molecule has 1 aromatic carbocycles. The Balaban J connectivity index is 2.32.